The molecule has 0 aliphatic carbocycles. The fourth-order valence-electron chi connectivity index (χ4n) is 3.02. The standard InChI is InChI=1S/C22H20N4O3/c1-3-26(4-2)18-11-8-16-13-19(22(28)29-21(16)14-18)20(27)12-7-15-5-9-17(10-6-15)24-25-23/h5-14H,3-4H2,1-2H3. The lowest BCUT2D eigenvalue weighted by atomic mass is 10.1. The molecule has 7 nitrogen and oxygen atoms in total. The number of benzene rings is 2. The van der Waals surface area contributed by atoms with Gasteiger partial charge in [-0.3, -0.25) is 4.79 Å². The molecule has 0 fully saturated rings. The molecule has 3 aromatic rings. The monoisotopic (exact) mass is 388 g/mol. The van der Waals surface area contributed by atoms with Crippen molar-refractivity contribution in [2.24, 2.45) is 5.11 Å². The van der Waals surface area contributed by atoms with Crippen LogP contribution in [0, 0.1) is 0 Å². The fraction of sp³-hybridized carbons (Fsp3) is 0.182. The number of rotatable bonds is 7. The van der Waals surface area contributed by atoms with E-state index in [-0.39, 0.29) is 5.56 Å². The summed E-state index contributed by atoms with van der Waals surface area (Å²) in [5, 5.41) is 4.18. The molecule has 0 spiro atoms. The van der Waals surface area contributed by atoms with E-state index in [9.17, 15) is 9.59 Å². The van der Waals surface area contributed by atoms with Crippen LogP contribution in [-0.2, 0) is 0 Å². The minimum absolute atomic E-state index is 0.0185. The summed E-state index contributed by atoms with van der Waals surface area (Å²) in [5.41, 5.74) is 10.4. The SMILES string of the molecule is CCN(CC)c1ccc2cc(C(=O)C=Cc3ccc(N=[N+]=[N-])cc3)c(=O)oc2c1. The molecule has 0 unspecified atom stereocenters. The van der Waals surface area contributed by atoms with E-state index in [1.807, 2.05) is 18.2 Å². The number of carbonyl (C=O) groups is 1. The third-order valence-corrected chi connectivity index (χ3v) is 4.59. The molecular weight excluding hydrogens is 368 g/mol. The van der Waals surface area contributed by atoms with Gasteiger partial charge in [-0.25, -0.2) is 4.79 Å². The zero-order valence-electron chi connectivity index (χ0n) is 16.2. The molecule has 0 N–H and O–H groups in total. The summed E-state index contributed by atoms with van der Waals surface area (Å²) in [7, 11) is 0. The predicted molar refractivity (Wildman–Crippen MR) is 115 cm³/mol. The van der Waals surface area contributed by atoms with Gasteiger partial charge in [0.05, 0.1) is 0 Å². The Bertz CT molecular complexity index is 1170. The van der Waals surface area contributed by atoms with Gasteiger partial charge >= 0.3 is 5.63 Å². The summed E-state index contributed by atoms with van der Waals surface area (Å²) >= 11 is 0. The number of anilines is 1. The highest BCUT2D eigenvalue weighted by atomic mass is 16.4. The molecule has 3 rings (SSSR count). The van der Waals surface area contributed by atoms with Crippen LogP contribution in [0.15, 0.2) is 68.9 Å². The average Bonchev–Trinajstić information content (AvgIpc) is 2.73. The third-order valence-electron chi connectivity index (χ3n) is 4.59. The number of allylic oxidation sites excluding steroid dienone is 1. The van der Waals surface area contributed by atoms with Crippen molar-refractivity contribution < 1.29 is 9.21 Å². The van der Waals surface area contributed by atoms with Gasteiger partial charge in [0.1, 0.15) is 11.1 Å². The maximum Gasteiger partial charge on any atom is 0.347 e. The van der Waals surface area contributed by atoms with Gasteiger partial charge in [-0.1, -0.05) is 35.5 Å². The molecule has 29 heavy (non-hydrogen) atoms. The smallest absolute Gasteiger partial charge is 0.347 e. The largest absolute Gasteiger partial charge is 0.422 e. The molecule has 0 radical (unpaired) electrons. The minimum Gasteiger partial charge on any atom is -0.422 e. The van der Waals surface area contributed by atoms with E-state index in [1.165, 1.54) is 6.08 Å². The van der Waals surface area contributed by atoms with E-state index < -0.39 is 11.4 Å². The van der Waals surface area contributed by atoms with Crippen LogP contribution in [-0.4, -0.2) is 18.9 Å². The minimum atomic E-state index is -0.664. The summed E-state index contributed by atoms with van der Waals surface area (Å²) < 4.78 is 5.40. The summed E-state index contributed by atoms with van der Waals surface area (Å²) in [5.74, 6) is -0.437. The lowest BCUT2D eigenvalue weighted by Crippen LogP contribution is -2.21. The van der Waals surface area contributed by atoms with Crippen LogP contribution >= 0.6 is 0 Å². The second-order valence-corrected chi connectivity index (χ2v) is 6.32. The molecule has 0 aliphatic rings. The van der Waals surface area contributed by atoms with Gasteiger partial charge in [-0.2, -0.15) is 0 Å². The van der Waals surface area contributed by atoms with Crippen molar-refractivity contribution in [1.82, 2.24) is 0 Å². The van der Waals surface area contributed by atoms with Crippen molar-refractivity contribution in [3.8, 4) is 0 Å². The Hall–Kier alpha value is -3.83. The zero-order valence-corrected chi connectivity index (χ0v) is 16.2. The van der Waals surface area contributed by atoms with Crippen LogP contribution in [0.3, 0.4) is 0 Å². The molecule has 146 valence electrons. The van der Waals surface area contributed by atoms with Gasteiger partial charge in [0.2, 0.25) is 0 Å². The van der Waals surface area contributed by atoms with Gasteiger partial charge in [0, 0.05) is 40.8 Å². The first kappa shape index (κ1) is 19.9. The Kier molecular flexibility index (Phi) is 6.12. The molecule has 0 amide bonds. The molecule has 7 heteroatoms. The highest BCUT2D eigenvalue weighted by Gasteiger charge is 2.12. The highest BCUT2D eigenvalue weighted by molar-refractivity contribution is 6.07. The normalized spacial score (nSPS) is 10.8. The summed E-state index contributed by atoms with van der Waals surface area (Å²) in [6.07, 6.45) is 2.92. The quantitative estimate of drug-likeness (QED) is 0.134. The topological polar surface area (TPSA) is 99.3 Å². The molecule has 0 saturated heterocycles. The molecule has 0 bridgehead atoms. The molecule has 1 aromatic heterocycles. The number of hydrogen-bond donors (Lipinski definition) is 0. The second-order valence-electron chi connectivity index (χ2n) is 6.32. The van der Waals surface area contributed by atoms with Crippen LogP contribution in [0.1, 0.15) is 29.8 Å². The number of nitrogens with zero attached hydrogens (tertiary/aromatic N) is 4. The van der Waals surface area contributed by atoms with Crippen LogP contribution in [0.25, 0.3) is 27.5 Å². The van der Waals surface area contributed by atoms with E-state index in [4.69, 9.17) is 9.95 Å². The Morgan fingerprint density at radius 2 is 1.86 bits per heavy atom. The maximum absolute atomic E-state index is 12.5. The summed E-state index contributed by atoms with van der Waals surface area (Å²) in [6.45, 7) is 5.80. The number of ketones is 1. The predicted octanol–water partition coefficient (Wildman–Crippen LogP) is 5.48. The first-order valence-corrected chi connectivity index (χ1v) is 9.26. The number of fused-ring (bicyclic) bond motifs is 1. The van der Waals surface area contributed by atoms with Gasteiger partial charge in [-0.15, -0.1) is 0 Å². The van der Waals surface area contributed by atoms with E-state index >= 15 is 0 Å². The third kappa shape index (κ3) is 4.54. The number of hydrogen-bond acceptors (Lipinski definition) is 5. The molecular formula is C22H20N4O3. The van der Waals surface area contributed by atoms with E-state index in [0.717, 1.165) is 24.3 Å². The number of azide groups is 1. The summed E-state index contributed by atoms with van der Waals surface area (Å²) in [6, 6.07) is 13.9. The lowest BCUT2D eigenvalue weighted by Gasteiger charge is -2.20. The average molecular weight is 388 g/mol. The zero-order chi connectivity index (χ0) is 20.8. The first-order valence-electron chi connectivity index (χ1n) is 9.26. The molecule has 2 aromatic carbocycles. The Morgan fingerprint density at radius 3 is 2.52 bits per heavy atom. The van der Waals surface area contributed by atoms with Crippen LogP contribution in [0.4, 0.5) is 11.4 Å². The van der Waals surface area contributed by atoms with Gasteiger partial charge in [0.25, 0.3) is 0 Å². The highest BCUT2D eigenvalue weighted by Crippen LogP contribution is 2.22. The lowest BCUT2D eigenvalue weighted by molar-refractivity contribution is 0.104. The van der Waals surface area contributed by atoms with Crippen LogP contribution in [0.2, 0.25) is 0 Å². The first-order chi connectivity index (χ1) is 14.0. The van der Waals surface area contributed by atoms with Crippen molar-refractivity contribution in [3.05, 3.63) is 86.6 Å². The summed E-state index contributed by atoms with van der Waals surface area (Å²) in [4.78, 5) is 29.7. The fourth-order valence-corrected chi connectivity index (χ4v) is 3.02. The second kappa shape index (κ2) is 8.91. The van der Waals surface area contributed by atoms with E-state index in [1.54, 1.807) is 36.4 Å². The maximum atomic E-state index is 12.5. The van der Waals surface area contributed by atoms with Gasteiger partial charge in [0.15, 0.2) is 5.78 Å². The molecule has 0 atom stereocenters. The van der Waals surface area contributed by atoms with Crippen molar-refractivity contribution in [1.29, 1.82) is 0 Å². The van der Waals surface area contributed by atoms with Crippen LogP contribution < -0.4 is 10.5 Å². The van der Waals surface area contributed by atoms with Crippen molar-refractivity contribution in [2.45, 2.75) is 13.8 Å². The van der Waals surface area contributed by atoms with Crippen molar-refractivity contribution >= 4 is 34.2 Å². The Balaban J connectivity index is 1.87. The molecule has 1 heterocycles. The molecule has 0 saturated carbocycles. The Morgan fingerprint density at radius 1 is 1.14 bits per heavy atom. The van der Waals surface area contributed by atoms with Gasteiger partial charge < -0.3 is 9.32 Å². The van der Waals surface area contributed by atoms with Crippen molar-refractivity contribution in [3.63, 3.8) is 0 Å². The van der Waals surface area contributed by atoms with Crippen LogP contribution in [0.5, 0.6) is 0 Å². The Labute approximate surface area is 167 Å². The molecule has 0 aliphatic heterocycles. The van der Waals surface area contributed by atoms with Crippen molar-refractivity contribution in [2.75, 3.05) is 18.0 Å². The van der Waals surface area contributed by atoms with E-state index in [0.29, 0.717) is 16.7 Å². The number of carbonyl (C=O) groups excluding carboxylic acids is 1. The van der Waals surface area contributed by atoms with Gasteiger partial charge in [-0.05, 0) is 49.2 Å². The van der Waals surface area contributed by atoms with E-state index in [2.05, 4.69) is 28.8 Å².